The minimum atomic E-state index is -0.583. The third kappa shape index (κ3) is 6.22. The molecular formula is C27H32FNO5. The molecule has 2 aromatic carbocycles. The highest BCUT2D eigenvalue weighted by molar-refractivity contribution is 5.68. The van der Waals surface area contributed by atoms with Crippen molar-refractivity contribution in [1.82, 2.24) is 4.90 Å². The number of halogens is 1. The van der Waals surface area contributed by atoms with E-state index in [1.165, 1.54) is 18.4 Å². The van der Waals surface area contributed by atoms with Crippen LogP contribution in [0.3, 0.4) is 0 Å². The Morgan fingerprint density at radius 2 is 1.88 bits per heavy atom. The minimum absolute atomic E-state index is 0.0657. The van der Waals surface area contributed by atoms with Crippen LogP contribution >= 0.6 is 0 Å². The van der Waals surface area contributed by atoms with Crippen LogP contribution in [0.5, 0.6) is 0 Å². The first kappa shape index (κ1) is 23.9. The molecule has 7 heteroatoms. The van der Waals surface area contributed by atoms with Crippen molar-refractivity contribution in [3.8, 4) is 0 Å². The summed E-state index contributed by atoms with van der Waals surface area (Å²) in [5.74, 6) is 0.0337. The lowest BCUT2D eigenvalue weighted by molar-refractivity contribution is -0.0572. The highest BCUT2D eigenvalue weighted by atomic mass is 19.1. The molecule has 0 aliphatic carbocycles. The van der Waals surface area contributed by atoms with Crippen molar-refractivity contribution in [1.29, 1.82) is 0 Å². The van der Waals surface area contributed by atoms with Crippen molar-refractivity contribution in [2.24, 2.45) is 5.92 Å². The molecule has 0 radical (unpaired) electrons. The maximum atomic E-state index is 13.7. The average molecular weight is 470 g/mol. The van der Waals surface area contributed by atoms with Crippen molar-refractivity contribution in [3.05, 3.63) is 83.7 Å². The van der Waals surface area contributed by atoms with Crippen molar-refractivity contribution in [2.45, 2.75) is 51.2 Å². The molecule has 2 aliphatic heterocycles. The largest absolute Gasteiger partial charge is 0.459 e. The smallest absolute Gasteiger partial charge is 0.410 e. The van der Waals surface area contributed by atoms with Gasteiger partial charge in [-0.15, -0.1) is 0 Å². The monoisotopic (exact) mass is 469 g/mol. The summed E-state index contributed by atoms with van der Waals surface area (Å²) in [6.07, 6.45) is 2.15. The van der Waals surface area contributed by atoms with Gasteiger partial charge >= 0.3 is 12.0 Å². The second kappa shape index (κ2) is 10.4. The zero-order valence-corrected chi connectivity index (χ0v) is 19.9. The number of piperidine rings is 1. The molecular weight excluding hydrogens is 437 g/mol. The number of amides is 1. The molecule has 34 heavy (non-hydrogen) atoms. The van der Waals surface area contributed by atoms with Crippen molar-refractivity contribution >= 4 is 6.09 Å². The first-order valence-electron chi connectivity index (χ1n) is 11.7. The fourth-order valence-corrected chi connectivity index (χ4v) is 4.54. The van der Waals surface area contributed by atoms with Gasteiger partial charge in [-0.25, -0.2) is 9.18 Å². The van der Waals surface area contributed by atoms with Gasteiger partial charge in [0.2, 0.25) is 6.79 Å². The number of carbonyl (C=O) groups is 1. The van der Waals surface area contributed by atoms with Crippen molar-refractivity contribution in [2.75, 3.05) is 19.9 Å². The summed E-state index contributed by atoms with van der Waals surface area (Å²) in [6, 6.07) is 16.7. The van der Waals surface area contributed by atoms with Crippen LogP contribution in [0, 0.1) is 11.7 Å². The Kier molecular flexibility index (Phi) is 7.29. The molecule has 0 spiro atoms. The van der Waals surface area contributed by atoms with Crippen LogP contribution in [-0.2, 0) is 25.4 Å². The lowest BCUT2D eigenvalue weighted by Gasteiger charge is -2.42. The molecule has 1 unspecified atom stereocenters. The van der Waals surface area contributed by atoms with Gasteiger partial charge in [0.15, 0.2) is 6.26 Å². The quantitative estimate of drug-likeness (QED) is 0.551. The number of rotatable bonds is 6. The molecule has 0 bridgehead atoms. The van der Waals surface area contributed by atoms with E-state index >= 15 is 0 Å². The molecule has 1 amide bonds. The number of benzene rings is 2. The fraction of sp³-hybridized carbons (Fsp3) is 0.444. The van der Waals surface area contributed by atoms with Gasteiger partial charge in [-0.2, -0.15) is 0 Å². The standard InChI is InChI=1S/C27H32FNO5/c1-27(2,3)34-26(30)29-14-13-22(20-9-11-21(28)12-10-20)23(16-29)24(33-25-17-31-18-32-25)15-19-7-5-4-6-8-19/h4-12,17,22-24H,13-16,18H2,1-3H3/t22-,23+,24?/m0/s1. The Morgan fingerprint density at radius 3 is 2.53 bits per heavy atom. The van der Waals surface area contributed by atoms with Crippen LogP contribution in [0.4, 0.5) is 9.18 Å². The highest BCUT2D eigenvalue weighted by Crippen LogP contribution is 2.38. The Labute approximate surface area is 200 Å². The predicted octanol–water partition coefficient (Wildman–Crippen LogP) is 5.60. The molecule has 2 aliphatic rings. The van der Waals surface area contributed by atoms with Crippen LogP contribution in [0.15, 0.2) is 66.8 Å². The summed E-state index contributed by atoms with van der Waals surface area (Å²) in [5.41, 5.74) is 1.55. The summed E-state index contributed by atoms with van der Waals surface area (Å²) in [7, 11) is 0. The molecule has 4 rings (SSSR count). The second-order valence-electron chi connectivity index (χ2n) is 9.75. The Bertz CT molecular complexity index is 986. The zero-order valence-electron chi connectivity index (χ0n) is 19.9. The Morgan fingerprint density at radius 1 is 1.15 bits per heavy atom. The molecule has 2 aromatic rings. The predicted molar refractivity (Wildman–Crippen MR) is 125 cm³/mol. The Balaban J connectivity index is 1.64. The second-order valence-corrected chi connectivity index (χ2v) is 9.75. The van der Waals surface area contributed by atoms with E-state index in [-0.39, 0.29) is 36.6 Å². The van der Waals surface area contributed by atoms with E-state index in [4.69, 9.17) is 18.9 Å². The number of ether oxygens (including phenoxy) is 4. The van der Waals surface area contributed by atoms with Gasteiger partial charge in [-0.1, -0.05) is 42.5 Å². The van der Waals surface area contributed by atoms with Gasteiger partial charge in [0.05, 0.1) is 0 Å². The van der Waals surface area contributed by atoms with Crippen LogP contribution in [0.25, 0.3) is 0 Å². The maximum absolute atomic E-state index is 13.7. The van der Waals surface area contributed by atoms with E-state index in [0.29, 0.717) is 31.9 Å². The molecule has 6 nitrogen and oxygen atoms in total. The molecule has 3 atom stereocenters. The molecule has 1 saturated heterocycles. The number of hydrogen-bond donors (Lipinski definition) is 0. The van der Waals surface area contributed by atoms with Gasteiger partial charge in [-0.3, -0.25) is 0 Å². The fourth-order valence-electron chi connectivity index (χ4n) is 4.54. The van der Waals surface area contributed by atoms with Crippen LogP contribution in [0.1, 0.15) is 44.2 Å². The van der Waals surface area contributed by atoms with Crippen molar-refractivity contribution in [3.63, 3.8) is 0 Å². The number of carbonyl (C=O) groups excluding carboxylic acids is 1. The van der Waals surface area contributed by atoms with Gasteiger partial charge in [0.1, 0.15) is 17.5 Å². The van der Waals surface area contributed by atoms with E-state index in [2.05, 4.69) is 12.1 Å². The average Bonchev–Trinajstić information content (AvgIpc) is 3.32. The maximum Gasteiger partial charge on any atom is 0.410 e. The molecule has 0 N–H and O–H groups in total. The van der Waals surface area contributed by atoms with E-state index in [9.17, 15) is 9.18 Å². The number of nitrogens with zero attached hydrogens (tertiary/aromatic N) is 1. The highest BCUT2D eigenvalue weighted by Gasteiger charge is 2.40. The SMILES string of the molecule is CC(C)(C)OC(=O)N1CC[C@@H](c2ccc(F)cc2)[C@H](C(Cc2ccccc2)OC2=COCO2)C1. The van der Waals surface area contributed by atoms with E-state index in [0.717, 1.165) is 11.1 Å². The summed E-state index contributed by atoms with van der Waals surface area (Å²) >= 11 is 0. The number of likely N-dealkylation sites (tertiary alicyclic amines) is 1. The van der Waals surface area contributed by atoms with Gasteiger partial charge < -0.3 is 23.8 Å². The first-order valence-corrected chi connectivity index (χ1v) is 11.7. The third-order valence-electron chi connectivity index (χ3n) is 6.08. The lowest BCUT2D eigenvalue weighted by Crippen LogP contribution is -2.49. The molecule has 0 saturated carbocycles. The summed E-state index contributed by atoms with van der Waals surface area (Å²) in [4.78, 5) is 14.7. The van der Waals surface area contributed by atoms with Crippen molar-refractivity contribution < 1.29 is 28.1 Å². The lowest BCUT2D eigenvalue weighted by atomic mass is 9.76. The van der Waals surface area contributed by atoms with E-state index in [1.54, 1.807) is 4.90 Å². The van der Waals surface area contributed by atoms with E-state index in [1.807, 2.05) is 51.1 Å². The molecule has 182 valence electrons. The van der Waals surface area contributed by atoms with Gasteiger partial charge in [0, 0.05) is 25.4 Å². The molecule has 1 fully saturated rings. The van der Waals surface area contributed by atoms with Crippen LogP contribution in [-0.4, -0.2) is 42.6 Å². The molecule has 2 heterocycles. The normalized spacial score (nSPS) is 21.2. The minimum Gasteiger partial charge on any atom is -0.459 e. The van der Waals surface area contributed by atoms with Crippen LogP contribution < -0.4 is 0 Å². The summed E-state index contributed by atoms with van der Waals surface area (Å²) < 4.78 is 36.3. The van der Waals surface area contributed by atoms with E-state index < -0.39 is 5.60 Å². The molecule has 0 aromatic heterocycles. The van der Waals surface area contributed by atoms with Gasteiger partial charge in [-0.05, 0) is 56.4 Å². The third-order valence-corrected chi connectivity index (χ3v) is 6.08. The summed E-state index contributed by atoms with van der Waals surface area (Å²) in [5, 5.41) is 0. The van der Waals surface area contributed by atoms with Crippen LogP contribution in [0.2, 0.25) is 0 Å². The summed E-state index contributed by atoms with van der Waals surface area (Å²) in [6.45, 7) is 6.69. The number of hydrogen-bond acceptors (Lipinski definition) is 5. The first-order chi connectivity index (χ1) is 16.3. The Hall–Kier alpha value is -3.22. The van der Waals surface area contributed by atoms with Gasteiger partial charge in [0.25, 0.3) is 0 Å². The topological polar surface area (TPSA) is 57.2 Å². The zero-order chi connectivity index (χ0) is 24.1.